The molecule has 5 heteroatoms. The molecule has 82 valence electrons. The van der Waals surface area contributed by atoms with Gasteiger partial charge in [0.05, 0.1) is 22.6 Å². The summed E-state index contributed by atoms with van der Waals surface area (Å²) in [5.41, 5.74) is 7.47. The van der Waals surface area contributed by atoms with Crippen LogP contribution in [0.25, 0.3) is 0 Å². The van der Waals surface area contributed by atoms with Crippen LogP contribution in [0.15, 0.2) is 12.4 Å². The molecule has 0 radical (unpaired) electrons. The SMILES string of the molecule is CN1CCN(c2c(N)cncc2Cl)CC1. The lowest BCUT2D eigenvalue weighted by Crippen LogP contribution is -2.44. The molecule has 0 spiro atoms. The van der Waals surface area contributed by atoms with Gasteiger partial charge in [0, 0.05) is 32.4 Å². The van der Waals surface area contributed by atoms with Gasteiger partial charge in [-0.05, 0) is 7.05 Å². The molecule has 4 nitrogen and oxygen atoms in total. The van der Waals surface area contributed by atoms with Crippen LogP contribution in [0.4, 0.5) is 11.4 Å². The Labute approximate surface area is 94.6 Å². The zero-order valence-electron chi connectivity index (χ0n) is 8.78. The first-order chi connectivity index (χ1) is 7.18. The van der Waals surface area contributed by atoms with E-state index in [9.17, 15) is 0 Å². The van der Waals surface area contributed by atoms with E-state index in [0.717, 1.165) is 31.9 Å². The number of halogens is 1. The molecule has 1 fully saturated rings. The van der Waals surface area contributed by atoms with E-state index in [-0.39, 0.29) is 0 Å². The van der Waals surface area contributed by atoms with E-state index in [1.54, 1.807) is 12.4 Å². The molecule has 1 aromatic rings. The maximum Gasteiger partial charge on any atom is 0.0843 e. The van der Waals surface area contributed by atoms with Gasteiger partial charge in [-0.2, -0.15) is 0 Å². The summed E-state index contributed by atoms with van der Waals surface area (Å²) in [5, 5.41) is 0.638. The summed E-state index contributed by atoms with van der Waals surface area (Å²) >= 11 is 6.10. The monoisotopic (exact) mass is 226 g/mol. The number of hydrogen-bond donors (Lipinski definition) is 1. The molecule has 1 aliphatic rings. The molecule has 2 N–H and O–H groups in total. The minimum atomic E-state index is 0.638. The van der Waals surface area contributed by atoms with E-state index in [0.29, 0.717) is 10.7 Å². The van der Waals surface area contributed by atoms with Gasteiger partial charge in [-0.3, -0.25) is 4.98 Å². The summed E-state index contributed by atoms with van der Waals surface area (Å²) in [5.74, 6) is 0. The lowest BCUT2D eigenvalue weighted by Gasteiger charge is -2.34. The summed E-state index contributed by atoms with van der Waals surface area (Å²) < 4.78 is 0. The highest BCUT2D eigenvalue weighted by Gasteiger charge is 2.18. The number of nitrogen functional groups attached to an aromatic ring is 1. The van der Waals surface area contributed by atoms with E-state index >= 15 is 0 Å². The fourth-order valence-electron chi connectivity index (χ4n) is 1.81. The van der Waals surface area contributed by atoms with Crippen LogP contribution in [0, 0.1) is 0 Å². The first-order valence-electron chi connectivity index (χ1n) is 5.01. The van der Waals surface area contributed by atoms with Crippen molar-refractivity contribution >= 4 is 23.0 Å². The second-order valence-corrected chi connectivity index (χ2v) is 4.26. The van der Waals surface area contributed by atoms with Crippen LogP contribution < -0.4 is 10.6 Å². The highest BCUT2D eigenvalue weighted by atomic mass is 35.5. The summed E-state index contributed by atoms with van der Waals surface area (Å²) in [7, 11) is 2.12. The van der Waals surface area contributed by atoms with Gasteiger partial charge in [-0.25, -0.2) is 0 Å². The number of rotatable bonds is 1. The Hall–Kier alpha value is -1.00. The molecule has 0 atom stereocenters. The summed E-state index contributed by atoms with van der Waals surface area (Å²) in [6.45, 7) is 4.01. The van der Waals surface area contributed by atoms with Crippen molar-refractivity contribution < 1.29 is 0 Å². The Bertz CT molecular complexity index is 327. The molecule has 0 aromatic carbocycles. The second kappa shape index (κ2) is 4.24. The summed E-state index contributed by atoms with van der Waals surface area (Å²) in [6, 6.07) is 0. The summed E-state index contributed by atoms with van der Waals surface area (Å²) in [4.78, 5) is 8.48. The van der Waals surface area contributed by atoms with E-state index in [1.165, 1.54) is 0 Å². The molecule has 2 heterocycles. The van der Waals surface area contributed by atoms with E-state index < -0.39 is 0 Å². The number of anilines is 2. The van der Waals surface area contributed by atoms with Crippen molar-refractivity contribution in [2.75, 3.05) is 43.9 Å². The van der Waals surface area contributed by atoms with Crippen molar-refractivity contribution in [3.63, 3.8) is 0 Å². The molecule has 0 amide bonds. The van der Waals surface area contributed by atoms with Crippen LogP contribution >= 0.6 is 11.6 Å². The van der Waals surface area contributed by atoms with E-state index in [2.05, 4.69) is 21.8 Å². The van der Waals surface area contributed by atoms with Gasteiger partial charge in [0.15, 0.2) is 0 Å². The predicted molar refractivity (Wildman–Crippen MR) is 63.4 cm³/mol. The number of nitrogens with zero attached hydrogens (tertiary/aromatic N) is 3. The van der Waals surface area contributed by atoms with Crippen molar-refractivity contribution in [2.24, 2.45) is 0 Å². The third kappa shape index (κ3) is 2.16. The minimum absolute atomic E-state index is 0.638. The molecular weight excluding hydrogens is 212 g/mol. The van der Waals surface area contributed by atoms with Crippen molar-refractivity contribution in [3.05, 3.63) is 17.4 Å². The van der Waals surface area contributed by atoms with Crippen molar-refractivity contribution in [1.82, 2.24) is 9.88 Å². The van der Waals surface area contributed by atoms with Gasteiger partial charge in [0.1, 0.15) is 0 Å². The number of pyridine rings is 1. The second-order valence-electron chi connectivity index (χ2n) is 3.85. The van der Waals surface area contributed by atoms with Crippen molar-refractivity contribution in [1.29, 1.82) is 0 Å². The number of nitrogens with two attached hydrogens (primary N) is 1. The molecule has 0 unspecified atom stereocenters. The Balaban J connectivity index is 2.22. The largest absolute Gasteiger partial charge is 0.396 e. The lowest BCUT2D eigenvalue weighted by molar-refractivity contribution is 0.313. The van der Waals surface area contributed by atoms with Gasteiger partial charge in [0.25, 0.3) is 0 Å². The molecule has 0 bridgehead atoms. The quantitative estimate of drug-likeness (QED) is 0.778. The van der Waals surface area contributed by atoms with E-state index in [1.807, 2.05) is 0 Å². The Morgan fingerprint density at radius 3 is 2.53 bits per heavy atom. The number of aromatic nitrogens is 1. The minimum Gasteiger partial charge on any atom is -0.396 e. The molecule has 2 rings (SSSR count). The molecule has 0 aliphatic carbocycles. The molecule has 15 heavy (non-hydrogen) atoms. The fourth-order valence-corrected chi connectivity index (χ4v) is 2.09. The topological polar surface area (TPSA) is 45.4 Å². The van der Waals surface area contributed by atoms with Crippen LogP contribution in [0.3, 0.4) is 0 Å². The third-order valence-corrected chi connectivity index (χ3v) is 3.00. The van der Waals surface area contributed by atoms with Crippen LogP contribution in [0.5, 0.6) is 0 Å². The van der Waals surface area contributed by atoms with Gasteiger partial charge in [-0.15, -0.1) is 0 Å². The van der Waals surface area contributed by atoms with Crippen molar-refractivity contribution in [3.8, 4) is 0 Å². The van der Waals surface area contributed by atoms with Gasteiger partial charge in [-0.1, -0.05) is 11.6 Å². The zero-order valence-corrected chi connectivity index (χ0v) is 9.54. The predicted octanol–water partition coefficient (Wildman–Crippen LogP) is 1.07. The highest BCUT2D eigenvalue weighted by molar-refractivity contribution is 6.33. The fraction of sp³-hybridized carbons (Fsp3) is 0.500. The number of hydrogen-bond acceptors (Lipinski definition) is 4. The maximum absolute atomic E-state index is 6.10. The first-order valence-corrected chi connectivity index (χ1v) is 5.39. The Morgan fingerprint density at radius 2 is 1.93 bits per heavy atom. The lowest BCUT2D eigenvalue weighted by atomic mass is 10.2. The average molecular weight is 227 g/mol. The van der Waals surface area contributed by atoms with Crippen molar-refractivity contribution in [2.45, 2.75) is 0 Å². The van der Waals surface area contributed by atoms with Crippen LogP contribution in [-0.4, -0.2) is 43.1 Å². The Kier molecular flexibility index (Phi) is 2.98. The van der Waals surface area contributed by atoms with Crippen LogP contribution in [-0.2, 0) is 0 Å². The number of piperazine rings is 1. The maximum atomic E-state index is 6.10. The van der Waals surface area contributed by atoms with Gasteiger partial charge >= 0.3 is 0 Å². The third-order valence-electron chi connectivity index (χ3n) is 2.72. The average Bonchev–Trinajstić information content (AvgIpc) is 2.20. The zero-order chi connectivity index (χ0) is 10.8. The van der Waals surface area contributed by atoms with Crippen LogP contribution in [0.2, 0.25) is 5.02 Å². The molecule has 1 aromatic heterocycles. The molecule has 1 saturated heterocycles. The molecular formula is C10H15ClN4. The van der Waals surface area contributed by atoms with Gasteiger partial charge in [0.2, 0.25) is 0 Å². The molecule has 0 saturated carbocycles. The highest BCUT2D eigenvalue weighted by Crippen LogP contribution is 2.31. The van der Waals surface area contributed by atoms with E-state index in [4.69, 9.17) is 17.3 Å². The normalized spacial score (nSPS) is 18.1. The molecule has 1 aliphatic heterocycles. The first kappa shape index (κ1) is 10.5. The van der Waals surface area contributed by atoms with Gasteiger partial charge < -0.3 is 15.5 Å². The Morgan fingerprint density at radius 1 is 1.27 bits per heavy atom. The van der Waals surface area contributed by atoms with Crippen LogP contribution in [0.1, 0.15) is 0 Å². The number of likely N-dealkylation sites (N-methyl/N-ethyl adjacent to an activating group) is 1. The summed E-state index contributed by atoms with van der Waals surface area (Å²) in [6.07, 6.45) is 3.30. The standard InChI is InChI=1S/C10H15ClN4/c1-14-2-4-15(5-3-14)10-8(11)6-13-7-9(10)12/h6-7H,2-5,12H2,1H3. The smallest absolute Gasteiger partial charge is 0.0843 e.